The van der Waals surface area contributed by atoms with Gasteiger partial charge in [0, 0.05) is 18.7 Å². The number of rotatable bonds is 8. The number of alkyl halides is 6. The Kier molecular flexibility index (Phi) is 9.61. The van der Waals surface area contributed by atoms with Crippen LogP contribution >= 0.6 is 0 Å². The van der Waals surface area contributed by atoms with E-state index in [1.54, 1.807) is 41.5 Å². The summed E-state index contributed by atoms with van der Waals surface area (Å²) in [5, 5.41) is 10.0. The predicted molar refractivity (Wildman–Crippen MR) is 171 cm³/mol. The molecule has 4 rings (SSSR count). The number of amides is 3. The fraction of sp³-hybridized carbons (Fsp3) is 0.361. The molecule has 0 saturated heterocycles. The summed E-state index contributed by atoms with van der Waals surface area (Å²) in [5.41, 5.74) is -9.28. The molecule has 0 atom stereocenters. The second kappa shape index (κ2) is 12.7. The van der Waals surface area contributed by atoms with Crippen molar-refractivity contribution in [2.75, 3.05) is 11.9 Å². The lowest BCUT2D eigenvalue weighted by Crippen LogP contribution is -2.55. The zero-order chi connectivity index (χ0) is 38.0. The SMILES string of the molecule is Cc1c(C(=O)O)c(C)c(N2C(=O)c3ccc(C(c4ccc(C=O)c(C(=O)N(C)C(C)C)c4)(C(F)(F)F)C(F)(F)F)cc3C2=O)c(C)c1C(C)C. The first-order valence-corrected chi connectivity index (χ1v) is 15.4. The summed E-state index contributed by atoms with van der Waals surface area (Å²) in [6.45, 7) is 11.1. The van der Waals surface area contributed by atoms with Crippen molar-refractivity contribution in [2.45, 2.75) is 78.2 Å². The number of hydrogen-bond donors (Lipinski definition) is 1. The van der Waals surface area contributed by atoms with Crippen LogP contribution in [0.2, 0.25) is 0 Å². The summed E-state index contributed by atoms with van der Waals surface area (Å²) in [6.07, 6.45) is -12.1. The van der Waals surface area contributed by atoms with Crippen molar-refractivity contribution in [3.63, 3.8) is 0 Å². The third kappa shape index (κ3) is 5.54. The van der Waals surface area contributed by atoms with Gasteiger partial charge in [0.1, 0.15) is 0 Å². The molecule has 0 fully saturated rings. The fourth-order valence-electron chi connectivity index (χ4n) is 6.91. The summed E-state index contributed by atoms with van der Waals surface area (Å²) in [4.78, 5) is 66.5. The lowest BCUT2D eigenvalue weighted by Gasteiger charge is -2.38. The lowest BCUT2D eigenvalue weighted by atomic mass is 9.71. The molecule has 0 aromatic heterocycles. The van der Waals surface area contributed by atoms with E-state index in [1.165, 1.54) is 14.0 Å². The van der Waals surface area contributed by atoms with Gasteiger partial charge in [0.05, 0.1) is 27.9 Å². The number of benzene rings is 3. The Hall–Kier alpha value is -5.01. The highest BCUT2D eigenvalue weighted by Gasteiger charge is 2.73. The quantitative estimate of drug-likeness (QED) is 0.145. The van der Waals surface area contributed by atoms with Crippen LogP contribution in [-0.4, -0.2) is 65.4 Å². The molecular formula is C36H34F6N2O6. The van der Waals surface area contributed by atoms with Gasteiger partial charge < -0.3 is 10.0 Å². The lowest BCUT2D eigenvalue weighted by molar-refractivity contribution is -0.288. The van der Waals surface area contributed by atoms with E-state index in [2.05, 4.69) is 0 Å². The Bertz CT molecular complexity index is 1950. The first-order chi connectivity index (χ1) is 23.0. The molecule has 0 aliphatic carbocycles. The van der Waals surface area contributed by atoms with E-state index in [9.17, 15) is 29.1 Å². The molecule has 8 nitrogen and oxygen atoms in total. The summed E-state index contributed by atoms with van der Waals surface area (Å²) in [5.74, 6) is -4.98. The van der Waals surface area contributed by atoms with Crippen LogP contribution < -0.4 is 4.90 Å². The van der Waals surface area contributed by atoms with Crippen LogP contribution in [-0.2, 0) is 5.41 Å². The molecule has 3 amide bonds. The molecule has 3 aromatic rings. The molecule has 0 bridgehead atoms. The maximum atomic E-state index is 15.2. The van der Waals surface area contributed by atoms with Crippen LogP contribution in [0.1, 0.15) is 119 Å². The maximum absolute atomic E-state index is 15.2. The summed E-state index contributed by atoms with van der Waals surface area (Å²) < 4.78 is 91.2. The van der Waals surface area contributed by atoms with Crippen LogP contribution in [0.5, 0.6) is 0 Å². The number of carboxylic acid groups (broad SMARTS) is 1. The molecule has 266 valence electrons. The molecule has 0 unspecified atom stereocenters. The standard InChI is InChI=1S/C36H34F6N2O6/c1-16(2)27-18(5)28(33(49)50)20(7)29(19(27)6)44-31(47)24-12-11-23(14-26(24)32(44)48)34(35(37,38)39,36(40,41)42)22-10-9-21(15-45)25(13-22)30(46)43(8)17(3)4/h9-17H,1-8H3,(H,49,50). The molecule has 1 N–H and O–H groups in total. The summed E-state index contributed by atoms with van der Waals surface area (Å²) in [7, 11) is 1.27. The van der Waals surface area contributed by atoms with E-state index >= 15 is 26.3 Å². The minimum atomic E-state index is -6.13. The average Bonchev–Trinajstić information content (AvgIpc) is 3.23. The van der Waals surface area contributed by atoms with Gasteiger partial charge in [-0.3, -0.25) is 19.2 Å². The molecule has 3 aromatic carbocycles. The molecule has 1 aliphatic heterocycles. The Labute approximate surface area is 283 Å². The smallest absolute Gasteiger partial charge is 0.411 e. The van der Waals surface area contributed by atoms with E-state index in [4.69, 9.17) is 0 Å². The second-order valence-corrected chi connectivity index (χ2v) is 12.9. The maximum Gasteiger partial charge on any atom is 0.411 e. The number of anilines is 1. The largest absolute Gasteiger partial charge is 0.478 e. The van der Waals surface area contributed by atoms with Gasteiger partial charge in [-0.15, -0.1) is 0 Å². The van der Waals surface area contributed by atoms with Gasteiger partial charge in [-0.05, 0) is 92.1 Å². The van der Waals surface area contributed by atoms with Crippen molar-refractivity contribution in [2.24, 2.45) is 0 Å². The highest BCUT2D eigenvalue weighted by atomic mass is 19.4. The summed E-state index contributed by atoms with van der Waals surface area (Å²) >= 11 is 0. The highest BCUT2D eigenvalue weighted by Crippen LogP contribution is 2.57. The number of carboxylic acids is 1. The third-order valence-electron chi connectivity index (χ3n) is 9.39. The fourth-order valence-corrected chi connectivity index (χ4v) is 6.91. The van der Waals surface area contributed by atoms with Crippen LogP contribution in [0.15, 0.2) is 36.4 Å². The van der Waals surface area contributed by atoms with Gasteiger partial charge in [-0.1, -0.05) is 32.0 Å². The van der Waals surface area contributed by atoms with Crippen molar-refractivity contribution >= 4 is 35.7 Å². The van der Waals surface area contributed by atoms with Gasteiger partial charge in [0.25, 0.3) is 17.7 Å². The van der Waals surface area contributed by atoms with Crippen LogP contribution in [0, 0.1) is 20.8 Å². The monoisotopic (exact) mass is 704 g/mol. The molecule has 50 heavy (non-hydrogen) atoms. The zero-order valence-corrected chi connectivity index (χ0v) is 28.3. The first kappa shape index (κ1) is 37.8. The normalized spacial score (nSPS) is 13.7. The molecule has 0 radical (unpaired) electrons. The minimum absolute atomic E-state index is 0.00499. The third-order valence-corrected chi connectivity index (χ3v) is 9.39. The Balaban J connectivity index is 2.04. The van der Waals surface area contributed by atoms with Gasteiger partial charge in [0.15, 0.2) is 6.29 Å². The molecule has 0 saturated carbocycles. The van der Waals surface area contributed by atoms with E-state index in [-0.39, 0.29) is 29.0 Å². The first-order valence-electron chi connectivity index (χ1n) is 15.4. The van der Waals surface area contributed by atoms with E-state index in [1.807, 2.05) is 0 Å². The number of nitrogens with zero attached hydrogens (tertiary/aromatic N) is 2. The van der Waals surface area contributed by atoms with Crippen LogP contribution in [0.3, 0.4) is 0 Å². The predicted octanol–water partition coefficient (Wildman–Crippen LogP) is 7.94. The number of aromatic carboxylic acids is 1. The number of fused-ring (bicyclic) bond motifs is 1. The van der Waals surface area contributed by atoms with Crippen LogP contribution in [0.25, 0.3) is 0 Å². The van der Waals surface area contributed by atoms with Gasteiger partial charge in [0.2, 0.25) is 5.41 Å². The molecular weight excluding hydrogens is 670 g/mol. The van der Waals surface area contributed by atoms with Crippen molar-refractivity contribution in [1.82, 2.24) is 4.90 Å². The highest BCUT2D eigenvalue weighted by molar-refractivity contribution is 6.35. The van der Waals surface area contributed by atoms with Crippen molar-refractivity contribution in [3.05, 3.63) is 97.6 Å². The second-order valence-electron chi connectivity index (χ2n) is 12.9. The Morgan fingerprint density at radius 1 is 0.800 bits per heavy atom. The minimum Gasteiger partial charge on any atom is -0.478 e. The number of hydrogen-bond acceptors (Lipinski definition) is 5. The number of carbonyl (C=O) groups is 5. The number of imide groups is 1. The van der Waals surface area contributed by atoms with Crippen molar-refractivity contribution < 1.29 is 55.4 Å². The van der Waals surface area contributed by atoms with Gasteiger partial charge in [-0.2, -0.15) is 26.3 Å². The molecule has 1 aliphatic rings. The molecule has 0 spiro atoms. The molecule has 14 heteroatoms. The Morgan fingerprint density at radius 2 is 1.32 bits per heavy atom. The van der Waals surface area contributed by atoms with Gasteiger partial charge in [-0.25, -0.2) is 9.69 Å². The van der Waals surface area contributed by atoms with Gasteiger partial charge >= 0.3 is 18.3 Å². The average molecular weight is 705 g/mol. The van der Waals surface area contributed by atoms with Crippen molar-refractivity contribution in [3.8, 4) is 0 Å². The van der Waals surface area contributed by atoms with E-state index < -0.39 is 80.9 Å². The Morgan fingerprint density at radius 3 is 1.80 bits per heavy atom. The zero-order valence-electron chi connectivity index (χ0n) is 28.3. The van der Waals surface area contributed by atoms with Crippen LogP contribution in [0.4, 0.5) is 32.0 Å². The van der Waals surface area contributed by atoms with E-state index in [0.717, 1.165) is 4.90 Å². The number of carbonyl (C=O) groups excluding carboxylic acids is 4. The summed E-state index contributed by atoms with van der Waals surface area (Å²) in [6, 6.07) is 2.47. The van der Waals surface area contributed by atoms with Crippen molar-refractivity contribution in [1.29, 1.82) is 0 Å². The van der Waals surface area contributed by atoms with E-state index in [0.29, 0.717) is 58.0 Å². The number of halogens is 6. The molecule has 1 heterocycles. The topological polar surface area (TPSA) is 112 Å². The number of aldehydes is 1.